The highest BCUT2D eigenvalue weighted by atomic mass is 32.2. The number of carboxylic acids is 1. The molecule has 0 aliphatic carbocycles. The number of rotatable bonds is 12. The van der Waals surface area contributed by atoms with Crippen molar-refractivity contribution in [1.82, 2.24) is 0 Å². The minimum Gasteiger partial charge on any atom is -0.481 e. The van der Waals surface area contributed by atoms with Crippen LogP contribution < -0.4 is 0 Å². The van der Waals surface area contributed by atoms with Crippen LogP contribution in [0, 0.1) is 11.3 Å². The van der Waals surface area contributed by atoms with E-state index in [1.807, 2.05) is 6.92 Å². The minimum absolute atomic E-state index is 0.0474. The van der Waals surface area contributed by atoms with Gasteiger partial charge in [-0.05, 0) is 67.9 Å². The molecule has 0 amide bonds. The molecule has 0 aromatic heterocycles. The van der Waals surface area contributed by atoms with Gasteiger partial charge in [-0.25, -0.2) is 0 Å². The summed E-state index contributed by atoms with van der Waals surface area (Å²) in [7, 11) is 0. The third kappa shape index (κ3) is 8.48. The van der Waals surface area contributed by atoms with Gasteiger partial charge in [-0.3, -0.25) is 4.79 Å². The number of carboxylic acid groups (broad SMARTS) is 1. The van der Waals surface area contributed by atoms with Gasteiger partial charge < -0.3 is 10.2 Å². The molecular formula is C29H46O3S2. The second-order valence-corrected chi connectivity index (χ2v) is 14.4. The summed E-state index contributed by atoms with van der Waals surface area (Å²) < 4.78 is 0. The Labute approximate surface area is 216 Å². The Kier molecular flexibility index (Phi) is 11.2. The highest BCUT2D eigenvalue weighted by Crippen LogP contribution is 2.50. The lowest BCUT2D eigenvalue weighted by molar-refractivity contribution is -0.141. The van der Waals surface area contributed by atoms with Crippen LogP contribution in [0.25, 0.3) is 0 Å². The van der Waals surface area contributed by atoms with Crippen LogP contribution in [0.5, 0.6) is 0 Å². The molecule has 3 nitrogen and oxygen atoms in total. The molecule has 2 saturated heterocycles. The molecule has 2 heterocycles. The summed E-state index contributed by atoms with van der Waals surface area (Å²) in [5.74, 6) is -0.889. The summed E-state index contributed by atoms with van der Waals surface area (Å²) in [6.07, 6.45) is 14.3. The first-order valence-electron chi connectivity index (χ1n) is 13.5. The molecule has 5 atom stereocenters. The van der Waals surface area contributed by atoms with E-state index in [1.165, 1.54) is 51.4 Å². The summed E-state index contributed by atoms with van der Waals surface area (Å²) in [6.45, 7) is 6.45. The molecule has 0 spiro atoms. The number of aliphatic hydroxyl groups is 1. The van der Waals surface area contributed by atoms with Crippen LogP contribution in [0.1, 0.15) is 119 Å². The molecule has 3 rings (SSSR count). The lowest BCUT2D eigenvalue weighted by Crippen LogP contribution is -2.19. The van der Waals surface area contributed by atoms with E-state index in [-0.39, 0.29) is 17.9 Å². The number of hydrogen-bond donors (Lipinski definition) is 2. The zero-order valence-electron chi connectivity index (χ0n) is 21.5. The Morgan fingerprint density at radius 3 is 2.00 bits per heavy atom. The molecule has 2 fully saturated rings. The maximum absolute atomic E-state index is 11.1. The van der Waals surface area contributed by atoms with E-state index in [9.17, 15) is 9.90 Å². The molecule has 0 saturated carbocycles. The first-order chi connectivity index (χ1) is 16.3. The van der Waals surface area contributed by atoms with Crippen molar-refractivity contribution in [2.45, 2.75) is 119 Å². The quantitative estimate of drug-likeness (QED) is 0.298. The van der Waals surface area contributed by atoms with Gasteiger partial charge in [0.2, 0.25) is 0 Å². The Hall–Kier alpha value is -0.650. The second kappa shape index (κ2) is 13.6. The van der Waals surface area contributed by atoms with Crippen molar-refractivity contribution < 1.29 is 15.0 Å². The summed E-state index contributed by atoms with van der Waals surface area (Å²) in [6, 6.07) is 9.23. The van der Waals surface area contributed by atoms with Crippen LogP contribution in [0.4, 0.5) is 0 Å². The number of carbonyl (C=O) groups is 1. The largest absolute Gasteiger partial charge is 0.481 e. The fourth-order valence-electron chi connectivity index (χ4n) is 5.44. The van der Waals surface area contributed by atoms with Crippen molar-refractivity contribution in [1.29, 1.82) is 0 Å². The topological polar surface area (TPSA) is 57.5 Å². The molecule has 192 valence electrons. The minimum atomic E-state index is -0.663. The van der Waals surface area contributed by atoms with Gasteiger partial charge in [-0.2, -0.15) is 23.5 Å². The van der Waals surface area contributed by atoms with Gasteiger partial charge >= 0.3 is 5.97 Å². The van der Waals surface area contributed by atoms with Crippen molar-refractivity contribution in [3.63, 3.8) is 0 Å². The van der Waals surface area contributed by atoms with Crippen LogP contribution in [0.3, 0.4) is 0 Å². The zero-order chi connectivity index (χ0) is 24.6. The number of hydrogen-bond acceptors (Lipinski definition) is 4. The third-order valence-corrected chi connectivity index (χ3v) is 11.1. The SMILES string of the molecule is CC(CCCC1CCCC(c2ccccc2C2CCCC(CCCC(C)(C)CO)S2)S1)C(=O)O. The number of thioether (sulfide) groups is 2. The van der Waals surface area contributed by atoms with E-state index >= 15 is 0 Å². The van der Waals surface area contributed by atoms with Gasteiger partial charge in [0.05, 0.1) is 5.92 Å². The predicted molar refractivity (Wildman–Crippen MR) is 148 cm³/mol. The number of aliphatic carboxylic acids is 1. The van der Waals surface area contributed by atoms with Crippen LogP contribution in [0.2, 0.25) is 0 Å². The first kappa shape index (κ1) is 27.9. The van der Waals surface area contributed by atoms with Gasteiger partial charge in [0, 0.05) is 27.6 Å². The summed E-state index contributed by atoms with van der Waals surface area (Å²) in [5.41, 5.74) is 3.19. The van der Waals surface area contributed by atoms with Crippen molar-refractivity contribution in [2.75, 3.05) is 6.61 Å². The molecule has 2 aliphatic rings. The van der Waals surface area contributed by atoms with E-state index in [0.717, 1.165) is 30.9 Å². The molecule has 2 aliphatic heterocycles. The Bertz CT molecular complexity index is 765. The monoisotopic (exact) mass is 506 g/mol. The second-order valence-electron chi connectivity index (χ2n) is 11.4. The molecular weight excluding hydrogens is 460 g/mol. The van der Waals surface area contributed by atoms with E-state index in [4.69, 9.17) is 5.11 Å². The Morgan fingerprint density at radius 1 is 0.971 bits per heavy atom. The third-order valence-electron chi connectivity index (χ3n) is 7.78. The lowest BCUT2D eigenvalue weighted by atomic mass is 9.87. The van der Waals surface area contributed by atoms with Crippen LogP contribution >= 0.6 is 23.5 Å². The first-order valence-corrected chi connectivity index (χ1v) is 15.4. The highest BCUT2D eigenvalue weighted by Gasteiger charge is 2.30. The normalized spacial score (nSPS) is 26.8. The van der Waals surface area contributed by atoms with E-state index in [1.54, 1.807) is 11.1 Å². The van der Waals surface area contributed by atoms with Crippen LogP contribution in [-0.2, 0) is 4.79 Å². The molecule has 0 bridgehead atoms. The molecule has 2 N–H and O–H groups in total. The highest BCUT2D eigenvalue weighted by molar-refractivity contribution is 8.00. The molecule has 5 heteroatoms. The predicted octanol–water partition coefficient (Wildman–Crippen LogP) is 8.42. The van der Waals surface area contributed by atoms with Gasteiger partial charge in [0.15, 0.2) is 0 Å². The molecule has 34 heavy (non-hydrogen) atoms. The fraction of sp³-hybridized carbons (Fsp3) is 0.759. The van der Waals surface area contributed by atoms with Crippen molar-refractivity contribution in [3.8, 4) is 0 Å². The van der Waals surface area contributed by atoms with Crippen LogP contribution in [0.15, 0.2) is 24.3 Å². The summed E-state index contributed by atoms with van der Waals surface area (Å²) in [5, 5.41) is 21.3. The van der Waals surface area contributed by atoms with Gasteiger partial charge in [0.25, 0.3) is 0 Å². The standard InChI is InChI=1S/C29H46O3S2/c1-21(28(31)32)10-6-11-22-12-7-17-26(33-22)24-15-4-5-16-25(24)27-18-8-13-23(34-27)14-9-19-29(2,3)20-30/h4-5,15-16,21-23,26-27,30H,6-14,17-20H2,1-3H3,(H,31,32). The summed E-state index contributed by atoms with van der Waals surface area (Å²) in [4.78, 5) is 11.1. The molecule has 5 unspecified atom stereocenters. The Morgan fingerprint density at radius 2 is 1.50 bits per heavy atom. The molecule has 0 radical (unpaired) electrons. The van der Waals surface area contributed by atoms with Gasteiger partial charge in [0.1, 0.15) is 0 Å². The maximum Gasteiger partial charge on any atom is 0.306 e. The average Bonchev–Trinajstić information content (AvgIpc) is 2.84. The van der Waals surface area contributed by atoms with Crippen molar-refractivity contribution in [3.05, 3.63) is 35.4 Å². The zero-order valence-corrected chi connectivity index (χ0v) is 23.1. The number of aliphatic hydroxyl groups excluding tert-OH is 1. The Balaban J connectivity index is 1.57. The number of benzene rings is 1. The van der Waals surface area contributed by atoms with E-state index in [0.29, 0.717) is 15.7 Å². The smallest absolute Gasteiger partial charge is 0.306 e. The summed E-state index contributed by atoms with van der Waals surface area (Å²) >= 11 is 4.38. The lowest BCUT2D eigenvalue weighted by Gasteiger charge is -2.34. The van der Waals surface area contributed by atoms with Gasteiger partial charge in [-0.15, -0.1) is 0 Å². The molecule has 1 aromatic carbocycles. The van der Waals surface area contributed by atoms with E-state index < -0.39 is 5.97 Å². The van der Waals surface area contributed by atoms with Crippen molar-refractivity contribution >= 4 is 29.5 Å². The van der Waals surface area contributed by atoms with Crippen LogP contribution in [-0.4, -0.2) is 33.3 Å². The molecule has 1 aromatic rings. The van der Waals surface area contributed by atoms with Gasteiger partial charge in [-0.1, -0.05) is 70.7 Å². The van der Waals surface area contributed by atoms with Crippen molar-refractivity contribution in [2.24, 2.45) is 11.3 Å². The maximum atomic E-state index is 11.1. The van der Waals surface area contributed by atoms with E-state index in [2.05, 4.69) is 61.6 Å². The fourth-order valence-corrected chi connectivity index (χ4v) is 8.91. The average molecular weight is 507 g/mol.